The molecule has 0 aromatic carbocycles. The molecule has 0 aliphatic carbocycles. The van der Waals surface area contributed by atoms with Gasteiger partial charge in [0.1, 0.15) is 12.0 Å². The third kappa shape index (κ3) is 3.31. The number of hydrogen-bond acceptors (Lipinski definition) is 7. The van der Waals surface area contributed by atoms with Crippen molar-refractivity contribution in [3.63, 3.8) is 0 Å². The summed E-state index contributed by atoms with van der Waals surface area (Å²) in [6.07, 6.45) is 1.02. The first-order valence-corrected chi connectivity index (χ1v) is 6.83. The van der Waals surface area contributed by atoms with Gasteiger partial charge < -0.3 is 10.6 Å². The number of nitrogens with zero attached hydrogens (tertiary/aromatic N) is 4. The summed E-state index contributed by atoms with van der Waals surface area (Å²) in [5.41, 5.74) is 6.13. The highest BCUT2D eigenvalue weighted by atomic mass is 32.1. The summed E-state index contributed by atoms with van der Waals surface area (Å²) in [5.74, 6) is -0.471. The van der Waals surface area contributed by atoms with Crippen LogP contribution in [0.15, 0.2) is 17.6 Å². The van der Waals surface area contributed by atoms with Crippen molar-refractivity contribution in [2.45, 2.75) is 13.5 Å². The molecule has 0 bridgehead atoms. The Morgan fingerprint density at radius 2 is 2.29 bits per heavy atom. The Labute approximate surface area is 124 Å². The van der Waals surface area contributed by atoms with Crippen molar-refractivity contribution in [1.29, 1.82) is 0 Å². The molecule has 2 heterocycles. The smallest absolute Gasteiger partial charge is 0.288 e. The lowest BCUT2D eigenvalue weighted by molar-refractivity contribution is -0.385. The van der Waals surface area contributed by atoms with Gasteiger partial charge in [0, 0.05) is 18.5 Å². The highest BCUT2D eigenvalue weighted by Gasteiger charge is 2.20. The maximum absolute atomic E-state index is 12.3. The van der Waals surface area contributed by atoms with E-state index in [1.54, 1.807) is 7.05 Å². The quantitative estimate of drug-likeness (QED) is 0.677. The predicted octanol–water partition coefficient (Wildman–Crippen LogP) is 1.61. The minimum absolute atomic E-state index is 0.0126. The van der Waals surface area contributed by atoms with Crippen LogP contribution in [0.4, 0.5) is 11.5 Å². The van der Waals surface area contributed by atoms with Crippen LogP contribution in [0.3, 0.4) is 0 Å². The van der Waals surface area contributed by atoms with Crippen LogP contribution in [0.5, 0.6) is 0 Å². The molecular weight excluding hydrogens is 294 g/mol. The summed E-state index contributed by atoms with van der Waals surface area (Å²) < 4.78 is 0. The fraction of sp³-hybridized carbons (Fsp3) is 0.250. The number of amides is 1. The van der Waals surface area contributed by atoms with E-state index in [4.69, 9.17) is 5.73 Å². The van der Waals surface area contributed by atoms with E-state index in [0.29, 0.717) is 6.54 Å². The Morgan fingerprint density at radius 3 is 2.86 bits per heavy atom. The standard InChI is InChI=1S/C12H13N5O3S/c1-7-15-8(6-21-7)5-16(2)12(18)10-3-9(17(19)20)4-14-11(10)13/h3-4,6H,5H2,1-2H3,(H2,13,14). The Hall–Kier alpha value is -2.55. The lowest BCUT2D eigenvalue weighted by Gasteiger charge is -2.16. The molecule has 1 amide bonds. The number of hydrogen-bond donors (Lipinski definition) is 1. The van der Waals surface area contributed by atoms with Crippen molar-refractivity contribution in [2.24, 2.45) is 0 Å². The molecule has 21 heavy (non-hydrogen) atoms. The summed E-state index contributed by atoms with van der Waals surface area (Å²) in [6.45, 7) is 2.17. The number of thiazole rings is 1. The van der Waals surface area contributed by atoms with Gasteiger partial charge in [0.05, 0.1) is 27.7 Å². The van der Waals surface area contributed by atoms with Crippen molar-refractivity contribution in [1.82, 2.24) is 14.9 Å². The fourth-order valence-electron chi connectivity index (χ4n) is 1.74. The average Bonchev–Trinajstić information content (AvgIpc) is 2.83. The lowest BCUT2D eigenvalue weighted by atomic mass is 10.2. The van der Waals surface area contributed by atoms with E-state index in [1.165, 1.54) is 16.2 Å². The van der Waals surface area contributed by atoms with Gasteiger partial charge in [0.25, 0.3) is 11.6 Å². The first-order chi connectivity index (χ1) is 9.88. The molecule has 0 fully saturated rings. The Balaban J connectivity index is 2.22. The number of nitrogens with two attached hydrogens (primary N) is 1. The van der Waals surface area contributed by atoms with Gasteiger partial charge >= 0.3 is 0 Å². The number of carbonyl (C=O) groups is 1. The second-order valence-electron chi connectivity index (χ2n) is 4.40. The summed E-state index contributed by atoms with van der Waals surface area (Å²) in [6, 6.07) is 1.13. The highest BCUT2D eigenvalue weighted by molar-refractivity contribution is 7.09. The molecule has 0 aliphatic rings. The van der Waals surface area contributed by atoms with Gasteiger partial charge in [-0.15, -0.1) is 11.3 Å². The molecule has 0 aliphatic heterocycles. The van der Waals surface area contributed by atoms with Crippen LogP contribution in [0.2, 0.25) is 0 Å². The average molecular weight is 307 g/mol. The summed E-state index contributed by atoms with van der Waals surface area (Å²) in [5, 5.41) is 13.5. The Kier molecular flexibility index (Phi) is 4.13. The molecule has 2 aromatic heterocycles. The summed E-state index contributed by atoms with van der Waals surface area (Å²) in [7, 11) is 1.58. The summed E-state index contributed by atoms with van der Waals surface area (Å²) >= 11 is 1.49. The van der Waals surface area contributed by atoms with E-state index in [1.807, 2.05) is 12.3 Å². The van der Waals surface area contributed by atoms with E-state index in [0.717, 1.165) is 23.0 Å². The molecule has 2 rings (SSSR count). The van der Waals surface area contributed by atoms with E-state index in [9.17, 15) is 14.9 Å². The zero-order chi connectivity index (χ0) is 15.6. The molecule has 0 atom stereocenters. The van der Waals surface area contributed by atoms with Crippen LogP contribution in [0.1, 0.15) is 21.1 Å². The number of aryl methyl sites for hydroxylation is 1. The number of anilines is 1. The first kappa shape index (κ1) is 14.9. The van der Waals surface area contributed by atoms with Crippen molar-refractivity contribution < 1.29 is 9.72 Å². The second kappa shape index (κ2) is 5.83. The molecular formula is C12H13N5O3S. The number of aromatic nitrogens is 2. The minimum atomic E-state index is -0.618. The van der Waals surface area contributed by atoms with Crippen LogP contribution in [0.25, 0.3) is 0 Å². The van der Waals surface area contributed by atoms with Gasteiger partial charge in [-0.05, 0) is 6.92 Å². The zero-order valence-electron chi connectivity index (χ0n) is 11.4. The largest absolute Gasteiger partial charge is 0.383 e. The molecule has 2 N–H and O–H groups in total. The van der Waals surface area contributed by atoms with Crippen molar-refractivity contribution in [2.75, 3.05) is 12.8 Å². The molecule has 8 nitrogen and oxygen atoms in total. The number of carbonyl (C=O) groups excluding carboxylic acids is 1. The Bertz CT molecular complexity index is 700. The molecule has 110 valence electrons. The van der Waals surface area contributed by atoms with Crippen molar-refractivity contribution in [3.05, 3.63) is 44.0 Å². The van der Waals surface area contributed by atoms with Crippen LogP contribution >= 0.6 is 11.3 Å². The third-order valence-electron chi connectivity index (χ3n) is 2.76. The maximum Gasteiger partial charge on any atom is 0.288 e. The van der Waals surface area contributed by atoms with Crippen LogP contribution in [-0.2, 0) is 6.54 Å². The maximum atomic E-state index is 12.3. The van der Waals surface area contributed by atoms with E-state index in [-0.39, 0.29) is 17.1 Å². The summed E-state index contributed by atoms with van der Waals surface area (Å²) in [4.78, 5) is 31.8. The minimum Gasteiger partial charge on any atom is -0.383 e. The molecule has 0 radical (unpaired) electrons. The van der Waals surface area contributed by atoms with Crippen LogP contribution in [0, 0.1) is 17.0 Å². The number of nitrogen functional groups attached to an aromatic ring is 1. The van der Waals surface area contributed by atoms with Gasteiger partial charge in [-0.2, -0.15) is 0 Å². The molecule has 0 saturated carbocycles. The molecule has 2 aromatic rings. The molecule has 0 spiro atoms. The third-order valence-corrected chi connectivity index (χ3v) is 3.58. The normalized spacial score (nSPS) is 10.4. The molecule has 0 unspecified atom stereocenters. The Morgan fingerprint density at radius 1 is 1.57 bits per heavy atom. The van der Waals surface area contributed by atoms with E-state index < -0.39 is 10.8 Å². The lowest BCUT2D eigenvalue weighted by Crippen LogP contribution is -2.27. The number of rotatable bonds is 4. The van der Waals surface area contributed by atoms with E-state index >= 15 is 0 Å². The van der Waals surface area contributed by atoms with Gasteiger partial charge in [0.2, 0.25) is 0 Å². The van der Waals surface area contributed by atoms with Gasteiger partial charge in [-0.3, -0.25) is 14.9 Å². The van der Waals surface area contributed by atoms with E-state index in [2.05, 4.69) is 9.97 Å². The monoisotopic (exact) mass is 307 g/mol. The van der Waals surface area contributed by atoms with Crippen molar-refractivity contribution >= 4 is 28.7 Å². The highest BCUT2D eigenvalue weighted by Crippen LogP contribution is 2.19. The predicted molar refractivity (Wildman–Crippen MR) is 78.0 cm³/mol. The topological polar surface area (TPSA) is 115 Å². The van der Waals surface area contributed by atoms with Crippen molar-refractivity contribution in [3.8, 4) is 0 Å². The molecule has 0 saturated heterocycles. The zero-order valence-corrected chi connectivity index (χ0v) is 12.3. The first-order valence-electron chi connectivity index (χ1n) is 5.95. The number of nitro groups is 1. The number of pyridine rings is 1. The van der Waals surface area contributed by atoms with Gasteiger partial charge in [-0.1, -0.05) is 0 Å². The van der Waals surface area contributed by atoms with Crippen LogP contribution in [-0.4, -0.2) is 32.7 Å². The van der Waals surface area contributed by atoms with Crippen LogP contribution < -0.4 is 5.73 Å². The fourth-order valence-corrected chi connectivity index (χ4v) is 2.34. The van der Waals surface area contributed by atoms with Gasteiger partial charge in [0.15, 0.2) is 0 Å². The molecule has 9 heteroatoms. The SMILES string of the molecule is Cc1nc(CN(C)C(=O)c2cc([N+](=O)[O-])cnc2N)cs1. The van der Waals surface area contributed by atoms with Gasteiger partial charge in [-0.25, -0.2) is 9.97 Å². The second-order valence-corrected chi connectivity index (χ2v) is 5.46.